The van der Waals surface area contributed by atoms with Gasteiger partial charge in [0, 0.05) is 0 Å². The summed E-state index contributed by atoms with van der Waals surface area (Å²) in [6.45, 7) is 9.08. The second-order valence-corrected chi connectivity index (χ2v) is 9.67. The van der Waals surface area contributed by atoms with E-state index < -0.39 is 34.6 Å². The first-order valence-electron chi connectivity index (χ1n) is 10.1. The maximum Gasteiger partial charge on any atom is 0.408 e. The molecule has 2 rings (SSSR count). The molecule has 0 aliphatic carbocycles. The van der Waals surface area contributed by atoms with E-state index in [9.17, 15) is 13.8 Å². The first-order valence-corrected chi connectivity index (χ1v) is 11.2. The van der Waals surface area contributed by atoms with Crippen LogP contribution in [0.25, 0.3) is 0 Å². The lowest BCUT2D eigenvalue weighted by Gasteiger charge is -2.24. The quantitative estimate of drug-likeness (QED) is 0.620. The molecule has 8 heteroatoms. The number of carbonyl (C=O) groups is 2. The maximum absolute atomic E-state index is 12.7. The van der Waals surface area contributed by atoms with Crippen LogP contribution in [0.3, 0.4) is 0 Å². The third-order valence-corrected chi connectivity index (χ3v) is 4.98. The van der Waals surface area contributed by atoms with Gasteiger partial charge in [-0.3, -0.25) is 9.52 Å². The fourth-order valence-electron chi connectivity index (χ4n) is 2.65. The predicted octanol–water partition coefficient (Wildman–Crippen LogP) is 4.56. The minimum atomic E-state index is -1.82. The lowest BCUT2D eigenvalue weighted by atomic mass is 10.0. The number of amides is 2. The highest BCUT2D eigenvalue weighted by atomic mass is 32.2. The second-order valence-electron chi connectivity index (χ2n) is 8.45. The van der Waals surface area contributed by atoms with E-state index in [1.165, 1.54) is 0 Å². The van der Waals surface area contributed by atoms with E-state index >= 15 is 0 Å². The van der Waals surface area contributed by atoms with Gasteiger partial charge in [-0.05, 0) is 63.4 Å². The number of ether oxygens (including phenoxy) is 2. The molecule has 7 nitrogen and oxygen atoms in total. The van der Waals surface area contributed by atoms with Crippen LogP contribution in [0, 0.1) is 5.92 Å². The van der Waals surface area contributed by atoms with Crippen molar-refractivity contribution >= 4 is 23.0 Å². The largest absolute Gasteiger partial charge is 0.457 e. The molecule has 0 fully saturated rings. The molecule has 0 bridgehead atoms. The Morgan fingerprint density at radius 1 is 1.00 bits per heavy atom. The van der Waals surface area contributed by atoms with Gasteiger partial charge >= 0.3 is 6.09 Å². The Balaban J connectivity index is 2.06. The van der Waals surface area contributed by atoms with E-state index in [1.807, 2.05) is 44.2 Å². The minimum Gasteiger partial charge on any atom is -0.457 e. The highest BCUT2D eigenvalue weighted by Gasteiger charge is 2.26. The van der Waals surface area contributed by atoms with Gasteiger partial charge in [0.05, 0.1) is 4.90 Å². The van der Waals surface area contributed by atoms with Crippen molar-refractivity contribution in [1.82, 2.24) is 10.0 Å². The molecule has 0 heterocycles. The van der Waals surface area contributed by atoms with Gasteiger partial charge in [-0.1, -0.05) is 38.1 Å². The third kappa shape index (κ3) is 8.80. The lowest BCUT2D eigenvalue weighted by molar-refractivity contribution is -0.121. The molecule has 2 aromatic carbocycles. The summed E-state index contributed by atoms with van der Waals surface area (Å²) < 4.78 is 26.2. The zero-order valence-electron chi connectivity index (χ0n) is 18.5. The maximum atomic E-state index is 12.7. The normalized spacial score (nSPS) is 13.2. The number of benzene rings is 2. The molecule has 0 aliphatic rings. The number of para-hydroxylation sites is 1. The van der Waals surface area contributed by atoms with Crippen molar-refractivity contribution in [1.29, 1.82) is 0 Å². The molecule has 0 saturated carbocycles. The average Bonchev–Trinajstić information content (AvgIpc) is 2.66. The molecule has 0 saturated heterocycles. The predicted molar refractivity (Wildman–Crippen MR) is 120 cm³/mol. The van der Waals surface area contributed by atoms with Crippen LogP contribution in [0.4, 0.5) is 4.79 Å². The number of hydrogen-bond donors (Lipinski definition) is 2. The van der Waals surface area contributed by atoms with Gasteiger partial charge in [-0.2, -0.15) is 0 Å². The van der Waals surface area contributed by atoms with Crippen LogP contribution in [-0.4, -0.2) is 27.9 Å². The zero-order valence-corrected chi connectivity index (χ0v) is 19.3. The molecule has 2 aromatic rings. The topological polar surface area (TPSA) is 93.7 Å². The van der Waals surface area contributed by atoms with Crippen LogP contribution in [0.15, 0.2) is 59.5 Å². The SMILES string of the molecule is CC(C)C[C@H](NC(=O)OC(C)(C)C)C(=O)NS(=O)c1cccc(Oc2ccccc2)c1. The van der Waals surface area contributed by atoms with E-state index in [4.69, 9.17) is 9.47 Å². The van der Waals surface area contributed by atoms with Crippen molar-refractivity contribution in [2.75, 3.05) is 0 Å². The second kappa shape index (κ2) is 10.9. The Kier molecular flexibility index (Phi) is 8.62. The molecule has 2 amide bonds. The Labute approximate surface area is 186 Å². The van der Waals surface area contributed by atoms with Crippen LogP contribution in [-0.2, 0) is 20.5 Å². The first kappa shape index (κ1) is 24.4. The molecular weight excluding hydrogens is 416 g/mol. The van der Waals surface area contributed by atoms with Crippen molar-refractivity contribution in [3.05, 3.63) is 54.6 Å². The Hall–Kier alpha value is -2.87. The van der Waals surface area contributed by atoms with Crippen molar-refractivity contribution in [3.8, 4) is 11.5 Å². The number of rotatable bonds is 8. The van der Waals surface area contributed by atoms with Gasteiger partial charge in [-0.25, -0.2) is 9.00 Å². The number of alkyl carbamates (subject to hydrolysis) is 1. The summed E-state index contributed by atoms with van der Waals surface area (Å²) in [6.07, 6.45) is -0.322. The van der Waals surface area contributed by atoms with Gasteiger partial charge in [0.25, 0.3) is 5.91 Å². The molecule has 168 valence electrons. The van der Waals surface area contributed by atoms with E-state index in [0.29, 0.717) is 22.8 Å². The fraction of sp³-hybridized carbons (Fsp3) is 0.391. The molecular formula is C23H30N2O5S. The van der Waals surface area contributed by atoms with Gasteiger partial charge in [0.1, 0.15) is 23.1 Å². The smallest absolute Gasteiger partial charge is 0.408 e. The number of nitrogens with one attached hydrogen (secondary N) is 2. The Morgan fingerprint density at radius 2 is 1.65 bits per heavy atom. The molecule has 2 atom stereocenters. The van der Waals surface area contributed by atoms with E-state index in [1.54, 1.807) is 45.0 Å². The standard InChI is InChI=1S/C23H30N2O5S/c1-16(2)14-20(24-22(27)30-23(3,4)5)21(26)25-31(28)19-13-9-12-18(15-19)29-17-10-7-6-8-11-17/h6-13,15-16,20H,14H2,1-5H3,(H,24,27)(H,25,26)/t20-,31?/m0/s1. The minimum absolute atomic E-state index is 0.127. The highest BCUT2D eigenvalue weighted by Crippen LogP contribution is 2.23. The molecule has 0 aliphatic heterocycles. The van der Waals surface area contributed by atoms with Crippen LogP contribution in [0.5, 0.6) is 11.5 Å². The first-order chi connectivity index (χ1) is 14.5. The molecule has 0 radical (unpaired) electrons. The van der Waals surface area contributed by atoms with E-state index in [-0.39, 0.29) is 5.92 Å². The Morgan fingerprint density at radius 3 is 2.26 bits per heavy atom. The Bertz CT molecular complexity index is 910. The summed E-state index contributed by atoms with van der Waals surface area (Å²) in [5.74, 6) is 0.721. The fourth-order valence-corrected chi connectivity index (χ4v) is 3.52. The van der Waals surface area contributed by atoms with Crippen LogP contribution >= 0.6 is 0 Å². The van der Waals surface area contributed by atoms with Crippen molar-refractivity contribution in [3.63, 3.8) is 0 Å². The summed E-state index contributed by atoms with van der Waals surface area (Å²) in [5, 5.41) is 2.57. The summed E-state index contributed by atoms with van der Waals surface area (Å²) >= 11 is 0. The van der Waals surface area contributed by atoms with Gasteiger partial charge < -0.3 is 14.8 Å². The summed E-state index contributed by atoms with van der Waals surface area (Å²) in [4.78, 5) is 25.2. The van der Waals surface area contributed by atoms with Crippen molar-refractivity contribution in [2.45, 2.75) is 57.6 Å². The van der Waals surface area contributed by atoms with Crippen molar-refractivity contribution in [2.24, 2.45) is 5.92 Å². The highest BCUT2D eigenvalue weighted by molar-refractivity contribution is 7.83. The van der Waals surface area contributed by atoms with Crippen LogP contribution in [0.2, 0.25) is 0 Å². The van der Waals surface area contributed by atoms with Gasteiger partial charge in [-0.15, -0.1) is 0 Å². The zero-order chi connectivity index (χ0) is 23.0. The molecule has 2 N–H and O–H groups in total. The van der Waals surface area contributed by atoms with Crippen LogP contribution in [0.1, 0.15) is 41.0 Å². The summed E-state index contributed by atoms with van der Waals surface area (Å²) in [5.41, 5.74) is -0.690. The van der Waals surface area contributed by atoms with Gasteiger partial charge in [0.2, 0.25) is 0 Å². The van der Waals surface area contributed by atoms with Gasteiger partial charge in [0.15, 0.2) is 11.0 Å². The average molecular weight is 447 g/mol. The monoisotopic (exact) mass is 446 g/mol. The van der Waals surface area contributed by atoms with E-state index in [2.05, 4.69) is 10.0 Å². The number of hydrogen-bond acceptors (Lipinski definition) is 5. The summed E-state index contributed by atoms with van der Waals surface area (Å²) in [6, 6.07) is 15.0. The third-order valence-electron chi connectivity index (χ3n) is 3.91. The molecule has 1 unspecified atom stereocenters. The summed E-state index contributed by atoms with van der Waals surface area (Å²) in [7, 11) is -1.82. The van der Waals surface area contributed by atoms with Crippen molar-refractivity contribution < 1.29 is 23.3 Å². The number of carbonyl (C=O) groups excluding carboxylic acids is 2. The lowest BCUT2D eigenvalue weighted by Crippen LogP contribution is -2.49. The molecule has 31 heavy (non-hydrogen) atoms. The van der Waals surface area contributed by atoms with Crippen LogP contribution < -0.4 is 14.8 Å². The van der Waals surface area contributed by atoms with E-state index in [0.717, 1.165) is 0 Å². The molecule has 0 spiro atoms. The molecule has 0 aromatic heterocycles.